The summed E-state index contributed by atoms with van der Waals surface area (Å²) in [6, 6.07) is 14.8. The van der Waals surface area contributed by atoms with E-state index in [0.717, 1.165) is 11.5 Å². The van der Waals surface area contributed by atoms with Crippen LogP contribution in [0.15, 0.2) is 54.6 Å². The average molecular weight is 323 g/mol. The first-order valence-corrected chi connectivity index (χ1v) is 7.27. The van der Waals surface area contributed by atoms with Gasteiger partial charge in [-0.05, 0) is 36.8 Å². The molecule has 2 aromatic carbocycles. The number of hydrogen-bond donors (Lipinski definition) is 2. The van der Waals surface area contributed by atoms with Gasteiger partial charge in [-0.15, -0.1) is 0 Å². The van der Waals surface area contributed by atoms with Gasteiger partial charge in [-0.1, -0.05) is 30.3 Å². The van der Waals surface area contributed by atoms with Crippen molar-refractivity contribution >= 4 is 22.7 Å². The summed E-state index contributed by atoms with van der Waals surface area (Å²) in [5, 5.41) is 0.910. The molecular weight excluding hydrogens is 309 g/mol. The molecule has 5 nitrogen and oxygen atoms in total. The second-order valence-electron chi connectivity index (χ2n) is 5.26. The van der Waals surface area contributed by atoms with E-state index in [2.05, 4.69) is 15.8 Å². The summed E-state index contributed by atoms with van der Waals surface area (Å²) in [7, 11) is 0. The molecule has 6 heteroatoms. The van der Waals surface area contributed by atoms with E-state index in [0.29, 0.717) is 11.1 Å². The lowest BCUT2D eigenvalue weighted by molar-refractivity contribution is 0.0844. The summed E-state index contributed by atoms with van der Waals surface area (Å²) in [4.78, 5) is 28.3. The molecule has 0 aliphatic carbocycles. The first-order valence-electron chi connectivity index (χ1n) is 7.27. The number of halogens is 1. The Kier molecular flexibility index (Phi) is 4.20. The Hall–Kier alpha value is -3.28. The number of carbonyl (C=O) groups excluding carboxylic acids is 2. The van der Waals surface area contributed by atoms with Gasteiger partial charge in [0.05, 0.1) is 5.52 Å². The Morgan fingerprint density at radius 2 is 1.71 bits per heavy atom. The molecule has 0 spiro atoms. The molecule has 0 bridgehead atoms. The number of amides is 2. The van der Waals surface area contributed by atoms with Crippen LogP contribution < -0.4 is 10.9 Å². The molecule has 0 aliphatic heterocycles. The lowest BCUT2D eigenvalue weighted by Gasteiger charge is -2.08. The fourth-order valence-electron chi connectivity index (χ4n) is 2.18. The first kappa shape index (κ1) is 15.6. The van der Waals surface area contributed by atoms with E-state index in [-0.39, 0.29) is 11.3 Å². The number of hydrogen-bond acceptors (Lipinski definition) is 3. The van der Waals surface area contributed by atoms with Gasteiger partial charge in [-0.25, -0.2) is 9.37 Å². The zero-order chi connectivity index (χ0) is 17.1. The van der Waals surface area contributed by atoms with E-state index < -0.39 is 17.6 Å². The molecule has 0 unspecified atom stereocenters. The monoisotopic (exact) mass is 323 g/mol. The average Bonchev–Trinajstić information content (AvgIpc) is 2.61. The Balaban J connectivity index is 1.69. The van der Waals surface area contributed by atoms with Crippen molar-refractivity contribution in [1.82, 2.24) is 15.8 Å². The normalized spacial score (nSPS) is 10.4. The smallest absolute Gasteiger partial charge is 0.267 e. The second kappa shape index (κ2) is 6.45. The van der Waals surface area contributed by atoms with Crippen molar-refractivity contribution in [2.45, 2.75) is 6.92 Å². The van der Waals surface area contributed by atoms with Crippen LogP contribution in [0.25, 0.3) is 10.9 Å². The summed E-state index contributed by atoms with van der Waals surface area (Å²) in [6.07, 6.45) is 0. The summed E-state index contributed by atoms with van der Waals surface area (Å²) in [5.74, 6) is -1.64. The van der Waals surface area contributed by atoms with Crippen LogP contribution in [-0.4, -0.2) is 16.8 Å². The number of para-hydroxylation sites is 1. The Labute approximate surface area is 137 Å². The van der Waals surface area contributed by atoms with Crippen molar-refractivity contribution in [3.63, 3.8) is 0 Å². The number of aromatic nitrogens is 1. The van der Waals surface area contributed by atoms with E-state index in [1.165, 1.54) is 12.1 Å². The zero-order valence-electron chi connectivity index (χ0n) is 12.8. The topological polar surface area (TPSA) is 71.1 Å². The molecule has 0 fully saturated rings. The largest absolute Gasteiger partial charge is 0.288 e. The van der Waals surface area contributed by atoms with Crippen LogP contribution in [0.2, 0.25) is 0 Å². The van der Waals surface area contributed by atoms with Crippen molar-refractivity contribution in [3.8, 4) is 0 Å². The highest BCUT2D eigenvalue weighted by molar-refractivity contribution is 5.99. The van der Waals surface area contributed by atoms with Crippen molar-refractivity contribution < 1.29 is 14.0 Å². The molecule has 120 valence electrons. The van der Waals surface area contributed by atoms with Gasteiger partial charge in [0.2, 0.25) is 0 Å². The van der Waals surface area contributed by atoms with Gasteiger partial charge in [-0.2, -0.15) is 0 Å². The minimum absolute atomic E-state index is 0.116. The Morgan fingerprint density at radius 1 is 0.958 bits per heavy atom. The van der Waals surface area contributed by atoms with Gasteiger partial charge >= 0.3 is 0 Å². The number of carbonyl (C=O) groups is 2. The molecule has 3 aromatic rings. The summed E-state index contributed by atoms with van der Waals surface area (Å²) in [5.41, 5.74) is 5.92. The molecule has 0 atom stereocenters. The highest BCUT2D eigenvalue weighted by Gasteiger charge is 2.12. The van der Waals surface area contributed by atoms with Crippen LogP contribution in [0.5, 0.6) is 0 Å². The maximum absolute atomic E-state index is 13.5. The van der Waals surface area contributed by atoms with Crippen LogP contribution >= 0.6 is 0 Å². The number of fused-ring (bicyclic) bond motifs is 1. The molecule has 3 rings (SSSR count). The highest BCUT2D eigenvalue weighted by atomic mass is 19.1. The molecule has 0 radical (unpaired) electrons. The third-order valence-corrected chi connectivity index (χ3v) is 3.55. The van der Waals surface area contributed by atoms with E-state index in [9.17, 15) is 14.0 Å². The fraction of sp³-hybridized carbons (Fsp3) is 0.0556. The predicted molar refractivity (Wildman–Crippen MR) is 87.8 cm³/mol. The van der Waals surface area contributed by atoms with Gasteiger partial charge in [-0.3, -0.25) is 20.4 Å². The van der Waals surface area contributed by atoms with Gasteiger partial charge < -0.3 is 0 Å². The minimum Gasteiger partial charge on any atom is -0.267 e. The van der Waals surface area contributed by atoms with Crippen molar-refractivity contribution in [3.05, 3.63) is 77.2 Å². The number of rotatable bonds is 2. The predicted octanol–water partition coefficient (Wildman–Crippen LogP) is 2.76. The van der Waals surface area contributed by atoms with E-state index >= 15 is 0 Å². The molecule has 2 amide bonds. The molecule has 24 heavy (non-hydrogen) atoms. The summed E-state index contributed by atoms with van der Waals surface area (Å²) < 4.78 is 13.5. The van der Waals surface area contributed by atoms with E-state index in [1.54, 1.807) is 25.1 Å². The van der Waals surface area contributed by atoms with Crippen molar-refractivity contribution in [2.24, 2.45) is 0 Å². The number of nitrogens with zero attached hydrogens (tertiary/aromatic N) is 1. The van der Waals surface area contributed by atoms with E-state index in [1.807, 2.05) is 18.2 Å². The number of pyridine rings is 1. The maximum atomic E-state index is 13.5. The lowest BCUT2D eigenvalue weighted by atomic mass is 10.1. The van der Waals surface area contributed by atoms with Crippen LogP contribution in [0.3, 0.4) is 0 Å². The fourth-order valence-corrected chi connectivity index (χ4v) is 2.18. The summed E-state index contributed by atoms with van der Waals surface area (Å²) >= 11 is 0. The molecular formula is C18H14FN3O2. The molecule has 1 aromatic heterocycles. The maximum Gasteiger partial charge on any atom is 0.288 e. The minimum atomic E-state index is -0.608. The number of nitrogens with one attached hydrogen (secondary N) is 2. The number of benzene rings is 2. The zero-order valence-corrected chi connectivity index (χ0v) is 12.8. The van der Waals surface area contributed by atoms with Crippen LogP contribution in [0.1, 0.15) is 26.4 Å². The SMILES string of the molecule is Cc1ccc(C(=O)NNC(=O)c2ccc3ccccc3n2)cc1F. The molecule has 1 heterocycles. The van der Waals surface area contributed by atoms with Crippen molar-refractivity contribution in [1.29, 1.82) is 0 Å². The first-order chi connectivity index (χ1) is 11.5. The number of aryl methyl sites for hydroxylation is 1. The van der Waals surface area contributed by atoms with Crippen LogP contribution in [0.4, 0.5) is 4.39 Å². The van der Waals surface area contributed by atoms with E-state index in [4.69, 9.17) is 0 Å². The molecule has 2 N–H and O–H groups in total. The van der Waals surface area contributed by atoms with Gasteiger partial charge in [0.15, 0.2) is 0 Å². The standard InChI is InChI=1S/C18H14FN3O2/c1-11-6-7-13(10-14(11)19)17(23)21-22-18(24)16-9-8-12-4-2-3-5-15(12)20-16/h2-10H,1H3,(H,21,23)(H,22,24). The third-order valence-electron chi connectivity index (χ3n) is 3.55. The molecule has 0 saturated heterocycles. The molecule has 0 aliphatic rings. The van der Waals surface area contributed by atoms with Crippen molar-refractivity contribution in [2.75, 3.05) is 0 Å². The highest BCUT2D eigenvalue weighted by Crippen LogP contribution is 2.12. The molecule has 0 saturated carbocycles. The third kappa shape index (κ3) is 3.22. The second-order valence-corrected chi connectivity index (χ2v) is 5.26. The Morgan fingerprint density at radius 3 is 2.50 bits per heavy atom. The quantitative estimate of drug-likeness (QED) is 0.712. The lowest BCUT2D eigenvalue weighted by Crippen LogP contribution is -2.42. The number of hydrazine groups is 1. The van der Waals surface area contributed by atoms with Crippen LogP contribution in [0, 0.1) is 12.7 Å². The van der Waals surface area contributed by atoms with Gasteiger partial charge in [0, 0.05) is 10.9 Å². The summed E-state index contributed by atoms with van der Waals surface area (Å²) in [6.45, 7) is 1.60. The Bertz CT molecular complexity index is 940. The van der Waals surface area contributed by atoms with Crippen LogP contribution in [-0.2, 0) is 0 Å². The van der Waals surface area contributed by atoms with Gasteiger partial charge in [0.25, 0.3) is 11.8 Å². The van der Waals surface area contributed by atoms with Gasteiger partial charge in [0.1, 0.15) is 11.5 Å².